The predicted molar refractivity (Wildman–Crippen MR) is 115 cm³/mol. The van der Waals surface area contributed by atoms with E-state index >= 15 is 0 Å². The van der Waals surface area contributed by atoms with Crippen molar-refractivity contribution in [3.63, 3.8) is 0 Å². The van der Waals surface area contributed by atoms with Crippen molar-refractivity contribution in [2.75, 3.05) is 13.6 Å². The molecule has 0 saturated carbocycles. The van der Waals surface area contributed by atoms with Crippen LogP contribution in [-0.2, 0) is 11.2 Å². The van der Waals surface area contributed by atoms with Crippen molar-refractivity contribution in [1.29, 1.82) is 0 Å². The summed E-state index contributed by atoms with van der Waals surface area (Å²) in [6.07, 6.45) is 3.42. The van der Waals surface area contributed by atoms with Crippen LogP contribution in [0.1, 0.15) is 60.5 Å². The zero-order valence-electron chi connectivity index (χ0n) is 18.0. The SMILES string of the molecule is CC.CC.CC.C[C@@H]1C[C@@H](NC(=O)Cc2c[nH]c3ccccc23)CN1C. The molecule has 2 heterocycles. The standard InChI is InChI=1S/C16H21N3O.3C2H6/c1-11-7-13(10-19(11)2)18-16(20)8-12-9-17-15-6-4-3-5-14(12)15;3*1-2/h3-6,9,11,13,17H,7-8,10H2,1-2H3,(H,18,20);3*1-2H3/t11-,13-;;;/m1.../s1. The van der Waals surface area contributed by atoms with Gasteiger partial charge >= 0.3 is 0 Å². The van der Waals surface area contributed by atoms with Gasteiger partial charge in [-0.1, -0.05) is 59.7 Å². The van der Waals surface area contributed by atoms with Crippen molar-refractivity contribution in [1.82, 2.24) is 15.2 Å². The van der Waals surface area contributed by atoms with Gasteiger partial charge in [0.25, 0.3) is 0 Å². The molecule has 1 amide bonds. The van der Waals surface area contributed by atoms with Crippen molar-refractivity contribution in [2.45, 2.75) is 73.4 Å². The molecule has 0 unspecified atom stereocenters. The van der Waals surface area contributed by atoms with Gasteiger partial charge in [-0.15, -0.1) is 0 Å². The van der Waals surface area contributed by atoms with Gasteiger partial charge in [-0.3, -0.25) is 4.79 Å². The number of nitrogens with one attached hydrogen (secondary N) is 2. The highest BCUT2D eigenvalue weighted by Crippen LogP contribution is 2.19. The number of hydrogen-bond donors (Lipinski definition) is 2. The molecule has 3 rings (SSSR count). The number of fused-ring (bicyclic) bond motifs is 1. The van der Waals surface area contributed by atoms with Crippen LogP contribution in [0.2, 0.25) is 0 Å². The van der Waals surface area contributed by atoms with E-state index in [-0.39, 0.29) is 11.9 Å². The summed E-state index contributed by atoms with van der Waals surface area (Å²) in [5, 5.41) is 4.29. The normalized spacial score (nSPS) is 18.6. The molecule has 0 aliphatic carbocycles. The van der Waals surface area contributed by atoms with Gasteiger partial charge in [-0.2, -0.15) is 0 Å². The molecule has 2 atom stereocenters. The Morgan fingerprint density at radius 1 is 1.15 bits per heavy atom. The maximum Gasteiger partial charge on any atom is 0.224 e. The molecule has 4 heteroatoms. The average molecular weight is 362 g/mol. The fourth-order valence-corrected chi connectivity index (χ4v) is 3.03. The van der Waals surface area contributed by atoms with Crippen LogP contribution >= 0.6 is 0 Å². The summed E-state index contributed by atoms with van der Waals surface area (Å²) in [4.78, 5) is 17.7. The highest BCUT2D eigenvalue weighted by Gasteiger charge is 2.27. The van der Waals surface area contributed by atoms with E-state index in [9.17, 15) is 4.79 Å². The number of rotatable bonds is 3. The van der Waals surface area contributed by atoms with Gasteiger partial charge in [0.05, 0.1) is 6.42 Å². The number of aromatic nitrogens is 1. The van der Waals surface area contributed by atoms with E-state index < -0.39 is 0 Å². The number of aromatic amines is 1. The molecule has 2 N–H and O–H groups in total. The van der Waals surface area contributed by atoms with Gasteiger partial charge in [0, 0.05) is 35.7 Å². The van der Waals surface area contributed by atoms with Gasteiger partial charge in [0.15, 0.2) is 0 Å². The highest BCUT2D eigenvalue weighted by molar-refractivity contribution is 5.88. The van der Waals surface area contributed by atoms with Gasteiger partial charge in [0.2, 0.25) is 5.91 Å². The summed E-state index contributed by atoms with van der Waals surface area (Å²) in [5.74, 6) is 0.113. The molecule has 148 valence electrons. The minimum atomic E-state index is 0.113. The van der Waals surface area contributed by atoms with Crippen molar-refractivity contribution < 1.29 is 4.79 Å². The third-order valence-corrected chi connectivity index (χ3v) is 4.28. The van der Waals surface area contributed by atoms with Crippen LogP contribution in [0.4, 0.5) is 0 Å². The monoisotopic (exact) mass is 361 g/mol. The second-order valence-corrected chi connectivity index (χ2v) is 5.83. The summed E-state index contributed by atoms with van der Waals surface area (Å²) in [7, 11) is 2.11. The van der Waals surface area contributed by atoms with Crippen LogP contribution in [0.15, 0.2) is 30.5 Å². The summed E-state index contributed by atoms with van der Waals surface area (Å²) < 4.78 is 0. The zero-order chi connectivity index (χ0) is 20.1. The number of carbonyl (C=O) groups excluding carboxylic acids is 1. The lowest BCUT2D eigenvalue weighted by Crippen LogP contribution is -2.37. The summed E-state index contributed by atoms with van der Waals surface area (Å²) in [6.45, 7) is 15.1. The van der Waals surface area contributed by atoms with Crippen LogP contribution in [-0.4, -0.2) is 41.5 Å². The molecular weight excluding hydrogens is 322 g/mol. The van der Waals surface area contributed by atoms with E-state index in [1.165, 1.54) is 0 Å². The summed E-state index contributed by atoms with van der Waals surface area (Å²) in [5.41, 5.74) is 2.15. The fourth-order valence-electron chi connectivity index (χ4n) is 3.03. The minimum absolute atomic E-state index is 0.113. The first-order valence-electron chi connectivity index (χ1n) is 10.2. The Morgan fingerprint density at radius 2 is 1.77 bits per heavy atom. The lowest BCUT2D eigenvalue weighted by atomic mass is 10.1. The number of likely N-dealkylation sites (N-methyl/N-ethyl adjacent to an activating group) is 1. The molecule has 0 spiro atoms. The third kappa shape index (κ3) is 6.83. The summed E-state index contributed by atoms with van der Waals surface area (Å²) >= 11 is 0. The van der Waals surface area contributed by atoms with E-state index in [0.717, 1.165) is 29.4 Å². The fraction of sp³-hybridized carbons (Fsp3) is 0.591. The molecule has 0 bridgehead atoms. The Labute approximate surface area is 160 Å². The van der Waals surface area contributed by atoms with Gasteiger partial charge in [0.1, 0.15) is 0 Å². The Hall–Kier alpha value is -1.81. The molecule has 1 aromatic heterocycles. The van der Waals surface area contributed by atoms with Crippen LogP contribution in [0.25, 0.3) is 10.9 Å². The molecule has 1 aliphatic rings. The second kappa shape index (κ2) is 13.4. The lowest BCUT2D eigenvalue weighted by Gasteiger charge is -2.13. The maximum atomic E-state index is 12.2. The van der Waals surface area contributed by atoms with Crippen LogP contribution in [0.5, 0.6) is 0 Å². The first-order chi connectivity index (χ1) is 12.6. The zero-order valence-corrected chi connectivity index (χ0v) is 18.0. The largest absolute Gasteiger partial charge is 0.361 e. The van der Waals surface area contributed by atoms with Gasteiger partial charge in [-0.05, 0) is 32.0 Å². The first kappa shape index (κ1) is 24.2. The Morgan fingerprint density at radius 3 is 2.35 bits per heavy atom. The topological polar surface area (TPSA) is 48.1 Å². The van der Waals surface area contributed by atoms with E-state index in [0.29, 0.717) is 12.5 Å². The smallest absolute Gasteiger partial charge is 0.224 e. The molecule has 1 saturated heterocycles. The number of carbonyl (C=O) groups is 1. The average Bonchev–Trinajstić information content (AvgIpc) is 3.23. The van der Waals surface area contributed by atoms with Crippen molar-refractivity contribution in [3.8, 4) is 0 Å². The minimum Gasteiger partial charge on any atom is -0.361 e. The Bertz CT molecular complexity index is 611. The number of para-hydroxylation sites is 1. The molecule has 2 aromatic rings. The number of likely N-dealkylation sites (tertiary alicyclic amines) is 1. The van der Waals surface area contributed by atoms with Crippen molar-refractivity contribution >= 4 is 16.8 Å². The molecule has 1 aliphatic heterocycles. The third-order valence-electron chi connectivity index (χ3n) is 4.28. The van der Waals surface area contributed by atoms with Crippen LogP contribution in [0.3, 0.4) is 0 Å². The molecule has 0 radical (unpaired) electrons. The van der Waals surface area contributed by atoms with Crippen LogP contribution in [0, 0.1) is 0 Å². The number of hydrogen-bond acceptors (Lipinski definition) is 2. The molecule has 4 nitrogen and oxygen atoms in total. The summed E-state index contributed by atoms with van der Waals surface area (Å²) in [6, 6.07) is 8.93. The highest BCUT2D eigenvalue weighted by atomic mass is 16.1. The van der Waals surface area contributed by atoms with Gasteiger partial charge in [-0.25, -0.2) is 0 Å². The van der Waals surface area contributed by atoms with Crippen molar-refractivity contribution in [2.24, 2.45) is 0 Å². The van der Waals surface area contributed by atoms with Crippen LogP contribution < -0.4 is 5.32 Å². The number of nitrogens with zero attached hydrogens (tertiary/aromatic N) is 1. The molecule has 26 heavy (non-hydrogen) atoms. The van der Waals surface area contributed by atoms with E-state index in [1.54, 1.807) is 0 Å². The van der Waals surface area contributed by atoms with E-state index in [4.69, 9.17) is 0 Å². The lowest BCUT2D eigenvalue weighted by molar-refractivity contribution is -0.121. The molecule has 1 aromatic carbocycles. The quantitative estimate of drug-likeness (QED) is 0.808. The number of H-pyrrole nitrogens is 1. The van der Waals surface area contributed by atoms with E-state index in [1.807, 2.05) is 65.9 Å². The van der Waals surface area contributed by atoms with Crippen molar-refractivity contribution in [3.05, 3.63) is 36.0 Å². The van der Waals surface area contributed by atoms with Gasteiger partial charge < -0.3 is 15.2 Å². The number of amides is 1. The Balaban J connectivity index is 0.000000948. The maximum absolute atomic E-state index is 12.2. The predicted octanol–water partition coefficient (Wildman–Crippen LogP) is 5.00. The Kier molecular flexibility index (Phi) is 12.5. The second-order valence-electron chi connectivity index (χ2n) is 5.83. The first-order valence-corrected chi connectivity index (χ1v) is 10.2. The molecular formula is C22H39N3O. The van der Waals surface area contributed by atoms with E-state index in [2.05, 4.69) is 35.2 Å². The number of benzene rings is 1. The molecule has 1 fully saturated rings.